The van der Waals surface area contributed by atoms with Gasteiger partial charge in [-0.15, -0.1) is 0 Å². The lowest BCUT2D eigenvalue weighted by molar-refractivity contribution is 0.580. The summed E-state index contributed by atoms with van der Waals surface area (Å²) in [4.78, 5) is 0.338. The maximum absolute atomic E-state index is 12.2. The van der Waals surface area contributed by atoms with E-state index in [0.717, 1.165) is 0 Å². The minimum Gasteiger partial charge on any atom is -0.399 e. The molecule has 1 aromatic rings. The molecule has 0 aromatic heterocycles. The standard InChI is InChI=1S/C12H20N2O2S2/c1-8-5-11(13)6-9(2)12(8)18(15,16)14-7-10(3)17-4/h5-6,10,14H,7,13H2,1-4H3. The van der Waals surface area contributed by atoms with Crippen molar-refractivity contribution in [2.45, 2.75) is 30.9 Å². The van der Waals surface area contributed by atoms with Crippen molar-refractivity contribution in [2.75, 3.05) is 18.5 Å². The number of nitrogen functional groups attached to an aromatic ring is 1. The van der Waals surface area contributed by atoms with Gasteiger partial charge in [-0.3, -0.25) is 0 Å². The lowest BCUT2D eigenvalue weighted by atomic mass is 10.1. The fraction of sp³-hybridized carbons (Fsp3) is 0.500. The van der Waals surface area contributed by atoms with Crippen LogP contribution in [0.15, 0.2) is 17.0 Å². The van der Waals surface area contributed by atoms with Crippen molar-refractivity contribution in [3.05, 3.63) is 23.3 Å². The van der Waals surface area contributed by atoms with Crippen molar-refractivity contribution >= 4 is 27.5 Å². The molecule has 4 nitrogen and oxygen atoms in total. The van der Waals surface area contributed by atoms with Crippen LogP contribution in [0.1, 0.15) is 18.1 Å². The summed E-state index contributed by atoms with van der Waals surface area (Å²) < 4.78 is 27.1. The Hall–Kier alpha value is -0.720. The van der Waals surface area contributed by atoms with Gasteiger partial charge in [-0.1, -0.05) is 6.92 Å². The van der Waals surface area contributed by atoms with E-state index < -0.39 is 10.0 Å². The zero-order chi connectivity index (χ0) is 13.9. The average molecular weight is 288 g/mol. The summed E-state index contributed by atoms with van der Waals surface area (Å²) in [7, 11) is -3.46. The number of anilines is 1. The fourth-order valence-corrected chi connectivity index (χ4v) is 3.73. The molecule has 0 aliphatic carbocycles. The predicted octanol–water partition coefficient (Wildman–Crippen LogP) is 1.92. The van der Waals surface area contributed by atoms with E-state index in [4.69, 9.17) is 5.73 Å². The Labute approximate surface area is 113 Å². The molecule has 1 aromatic carbocycles. The van der Waals surface area contributed by atoms with Crippen LogP contribution in [0.5, 0.6) is 0 Å². The molecule has 0 heterocycles. The average Bonchev–Trinajstić information content (AvgIpc) is 2.24. The molecular weight excluding hydrogens is 268 g/mol. The number of hydrogen-bond acceptors (Lipinski definition) is 4. The molecule has 1 unspecified atom stereocenters. The van der Waals surface area contributed by atoms with Crippen molar-refractivity contribution in [1.29, 1.82) is 0 Å². The molecule has 6 heteroatoms. The second-order valence-corrected chi connectivity index (χ2v) is 7.36. The van der Waals surface area contributed by atoms with Crippen molar-refractivity contribution in [1.82, 2.24) is 4.72 Å². The Morgan fingerprint density at radius 3 is 2.28 bits per heavy atom. The molecule has 0 saturated heterocycles. The number of benzene rings is 1. The molecule has 0 radical (unpaired) electrons. The molecule has 0 bridgehead atoms. The number of aryl methyl sites for hydroxylation is 2. The summed E-state index contributed by atoms with van der Waals surface area (Å²) >= 11 is 1.62. The molecule has 0 spiro atoms. The number of hydrogen-bond donors (Lipinski definition) is 2. The number of nitrogens with one attached hydrogen (secondary N) is 1. The predicted molar refractivity (Wildman–Crippen MR) is 78.5 cm³/mol. The van der Waals surface area contributed by atoms with Gasteiger partial charge in [0.15, 0.2) is 0 Å². The van der Waals surface area contributed by atoms with Gasteiger partial charge in [0, 0.05) is 17.5 Å². The van der Waals surface area contributed by atoms with Crippen LogP contribution in [0.25, 0.3) is 0 Å². The molecule has 0 aliphatic rings. The van der Waals surface area contributed by atoms with Crippen LogP contribution in [-0.4, -0.2) is 26.5 Å². The third-order valence-corrected chi connectivity index (χ3v) is 5.41. The highest BCUT2D eigenvalue weighted by Crippen LogP contribution is 2.23. The van der Waals surface area contributed by atoms with Crippen LogP contribution >= 0.6 is 11.8 Å². The maximum atomic E-state index is 12.2. The van der Waals surface area contributed by atoms with Crippen LogP contribution in [0.3, 0.4) is 0 Å². The highest BCUT2D eigenvalue weighted by Gasteiger charge is 2.20. The first kappa shape index (κ1) is 15.3. The SMILES string of the molecule is CSC(C)CNS(=O)(=O)c1c(C)cc(N)cc1C. The summed E-state index contributed by atoms with van der Waals surface area (Å²) in [6.45, 7) is 5.93. The summed E-state index contributed by atoms with van der Waals surface area (Å²) in [5, 5.41) is 0.245. The normalized spacial score (nSPS) is 13.6. The van der Waals surface area contributed by atoms with E-state index in [1.54, 1.807) is 37.7 Å². The first-order chi connectivity index (χ1) is 8.27. The molecule has 1 rings (SSSR count). The summed E-state index contributed by atoms with van der Waals surface area (Å²) in [6.07, 6.45) is 1.96. The molecule has 18 heavy (non-hydrogen) atoms. The number of thioether (sulfide) groups is 1. The van der Waals surface area contributed by atoms with Crippen molar-refractivity contribution < 1.29 is 8.42 Å². The van der Waals surface area contributed by atoms with Gasteiger partial charge in [-0.2, -0.15) is 11.8 Å². The van der Waals surface area contributed by atoms with Crippen LogP contribution in [0.2, 0.25) is 0 Å². The second-order valence-electron chi connectivity index (χ2n) is 4.38. The highest BCUT2D eigenvalue weighted by molar-refractivity contribution is 7.99. The van der Waals surface area contributed by atoms with E-state index in [2.05, 4.69) is 4.72 Å². The largest absolute Gasteiger partial charge is 0.399 e. The molecule has 0 fully saturated rings. The van der Waals surface area contributed by atoms with Gasteiger partial charge in [0.1, 0.15) is 0 Å². The Morgan fingerprint density at radius 2 is 1.83 bits per heavy atom. The van der Waals surface area contributed by atoms with Crippen molar-refractivity contribution in [2.24, 2.45) is 0 Å². The fourth-order valence-electron chi connectivity index (χ4n) is 1.79. The number of rotatable bonds is 5. The quantitative estimate of drug-likeness (QED) is 0.812. The van der Waals surface area contributed by atoms with Gasteiger partial charge < -0.3 is 5.73 Å². The van der Waals surface area contributed by atoms with E-state index in [-0.39, 0.29) is 5.25 Å². The van der Waals surface area contributed by atoms with Crippen LogP contribution < -0.4 is 10.5 Å². The minimum absolute atomic E-state index is 0.245. The minimum atomic E-state index is -3.46. The maximum Gasteiger partial charge on any atom is 0.241 e. The third kappa shape index (κ3) is 3.63. The van der Waals surface area contributed by atoms with Gasteiger partial charge in [0.25, 0.3) is 0 Å². The molecule has 0 amide bonds. The lowest BCUT2D eigenvalue weighted by Gasteiger charge is -2.14. The smallest absolute Gasteiger partial charge is 0.241 e. The molecule has 0 saturated carbocycles. The highest BCUT2D eigenvalue weighted by atomic mass is 32.2. The monoisotopic (exact) mass is 288 g/mol. The summed E-state index contributed by atoms with van der Waals surface area (Å²) in [5.41, 5.74) is 7.64. The van der Waals surface area contributed by atoms with Crippen molar-refractivity contribution in [3.63, 3.8) is 0 Å². The van der Waals surface area contributed by atoms with Gasteiger partial charge in [0.2, 0.25) is 10.0 Å². The Balaban J connectivity index is 3.06. The Morgan fingerprint density at radius 1 is 1.33 bits per heavy atom. The molecule has 3 N–H and O–H groups in total. The van der Waals surface area contributed by atoms with Gasteiger partial charge >= 0.3 is 0 Å². The van der Waals surface area contributed by atoms with E-state index >= 15 is 0 Å². The number of nitrogens with two attached hydrogens (primary N) is 1. The number of sulfonamides is 1. The van der Waals surface area contributed by atoms with Crippen molar-refractivity contribution in [3.8, 4) is 0 Å². The van der Waals surface area contributed by atoms with E-state index in [1.807, 2.05) is 13.2 Å². The topological polar surface area (TPSA) is 72.2 Å². The first-order valence-corrected chi connectivity index (χ1v) is 8.44. The lowest BCUT2D eigenvalue weighted by Crippen LogP contribution is -2.30. The second kappa shape index (κ2) is 5.95. The van der Waals surface area contributed by atoms with Gasteiger partial charge in [-0.25, -0.2) is 13.1 Å². The molecule has 1 atom stereocenters. The zero-order valence-corrected chi connectivity index (χ0v) is 12.8. The zero-order valence-electron chi connectivity index (χ0n) is 11.1. The van der Waals surface area contributed by atoms with E-state index in [0.29, 0.717) is 28.3 Å². The van der Waals surface area contributed by atoms with Crippen LogP contribution in [-0.2, 0) is 10.0 Å². The van der Waals surface area contributed by atoms with E-state index in [1.165, 1.54) is 0 Å². The molecule has 102 valence electrons. The van der Waals surface area contributed by atoms with Gasteiger partial charge in [-0.05, 0) is 43.4 Å². The Bertz CT molecular complexity index is 504. The first-order valence-electron chi connectivity index (χ1n) is 5.67. The summed E-state index contributed by atoms with van der Waals surface area (Å²) in [6, 6.07) is 3.36. The van der Waals surface area contributed by atoms with Crippen LogP contribution in [0.4, 0.5) is 5.69 Å². The van der Waals surface area contributed by atoms with Gasteiger partial charge in [0.05, 0.1) is 4.90 Å². The van der Waals surface area contributed by atoms with E-state index in [9.17, 15) is 8.42 Å². The molecular formula is C12H20N2O2S2. The summed E-state index contributed by atoms with van der Waals surface area (Å²) in [5.74, 6) is 0. The van der Waals surface area contributed by atoms with Crippen LogP contribution in [0, 0.1) is 13.8 Å². The molecule has 0 aliphatic heterocycles. The third-order valence-electron chi connectivity index (χ3n) is 2.71. The Kier molecular flexibility index (Phi) is 5.07.